The second kappa shape index (κ2) is 5.73. The van der Waals surface area contributed by atoms with Crippen LogP contribution in [0, 0.1) is 17.0 Å². The Labute approximate surface area is 127 Å². The molecule has 2 aliphatic rings. The molecule has 0 aliphatic carbocycles. The summed E-state index contributed by atoms with van der Waals surface area (Å²) < 4.78 is 0. The highest BCUT2D eigenvalue weighted by Crippen LogP contribution is 2.31. The van der Waals surface area contributed by atoms with E-state index < -0.39 is 4.92 Å². The molecule has 2 saturated heterocycles. The van der Waals surface area contributed by atoms with E-state index in [0.717, 1.165) is 19.4 Å². The van der Waals surface area contributed by atoms with Crippen molar-refractivity contribution < 1.29 is 4.92 Å². The van der Waals surface area contributed by atoms with Gasteiger partial charge in [-0.05, 0) is 50.8 Å². The van der Waals surface area contributed by atoms with Crippen molar-refractivity contribution in [3.8, 4) is 0 Å². The third-order valence-electron chi connectivity index (χ3n) is 4.37. The van der Waals surface area contributed by atoms with Gasteiger partial charge in [-0.1, -0.05) is 0 Å². The summed E-state index contributed by atoms with van der Waals surface area (Å²) in [5.41, 5.74) is 0.217. The van der Waals surface area contributed by atoms with Crippen molar-refractivity contribution in [3.05, 3.63) is 21.1 Å². The van der Waals surface area contributed by atoms with Crippen molar-refractivity contribution in [2.45, 2.75) is 44.7 Å². The Bertz CT molecular complexity index is 568. The van der Waals surface area contributed by atoms with Crippen LogP contribution < -0.4 is 5.32 Å². The molecule has 0 aromatic carbocycles. The summed E-state index contributed by atoms with van der Waals surface area (Å²) in [5, 5.41) is 14.5. The fourth-order valence-corrected chi connectivity index (χ4v) is 3.61. The smallest absolute Gasteiger partial charge is 0.332 e. The molecule has 1 N–H and O–H groups in total. The van der Waals surface area contributed by atoms with Crippen molar-refractivity contribution in [1.29, 1.82) is 0 Å². The van der Waals surface area contributed by atoms with Crippen molar-refractivity contribution in [2.75, 3.05) is 18.4 Å². The lowest BCUT2D eigenvalue weighted by atomic mass is 9.97. The second-order valence-corrected chi connectivity index (χ2v) is 6.07. The predicted octanol–water partition coefficient (Wildman–Crippen LogP) is 2.39. The van der Waals surface area contributed by atoms with E-state index in [0.29, 0.717) is 11.7 Å². The highest BCUT2D eigenvalue weighted by atomic mass is 35.5. The number of nitrogens with one attached hydrogen (secondary N) is 1. The Morgan fingerprint density at radius 1 is 1.38 bits per heavy atom. The topological polar surface area (TPSA) is 84.2 Å². The third kappa shape index (κ3) is 2.94. The van der Waals surface area contributed by atoms with Crippen LogP contribution in [-0.2, 0) is 0 Å². The molecule has 0 amide bonds. The van der Waals surface area contributed by atoms with Gasteiger partial charge in [-0.25, -0.2) is 4.98 Å². The largest absolute Gasteiger partial charge is 0.361 e. The molecule has 1 aromatic heterocycles. The lowest BCUT2D eigenvalue weighted by molar-refractivity contribution is -0.385. The number of anilines is 1. The van der Waals surface area contributed by atoms with Crippen molar-refractivity contribution in [3.63, 3.8) is 0 Å². The molecule has 3 heterocycles. The first-order chi connectivity index (χ1) is 10.0. The number of piperidine rings is 1. The third-order valence-corrected chi connectivity index (χ3v) is 4.54. The molecule has 8 heteroatoms. The van der Waals surface area contributed by atoms with Crippen LogP contribution >= 0.6 is 11.6 Å². The molecular formula is C13H18ClN5O2. The van der Waals surface area contributed by atoms with E-state index in [4.69, 9.17) is 11.6 Å². The molecule has 0 spiro atoms. The quantitative estimate of drug-likeness (QED) is 0.524. The van der Waals surface area contributed by atoms with Crippen LogP contribution in [0.25, 0.3) is 0 Å². The van der Waals surface area contributed by atoms with E-state index in [2.05, 4.69) is 20.2 Å². The number of hydrogen-bond acceptors (Lipinski definition) is 6. The van der Waals surface area contributed by atoms with E-state index in [9.17, 15) is 10.1 Å². The van der Waals surface area contributed by atoms with E-state index in [1.807, 2.05) is 0 Å². The van der Waals surface area contributed by atoms with E-state index >= 15 is 0 Å². The zero-order valence-electron chi connectivity index (χ0n) is 11.9. The molecule has 7 nitrogen and oxygen atoms in total. The first-order valence-electron chi connectivity index (χ1n) is 7.23. The van der Waals surface area contributed by atoms with E-state index in [1.54, 1.807) is 6.92 Å². The fourth-order valence-electron chi connectivity index (χ4n) is 3.40. The minimum absolute atomic E-state index is 0.0407. The second-order valence-electron chi connectivity index (χ2n) is 5.73. The maximum atomic E-state index is 11.2. The van der Waals surface area contributed by atoms with Gasteiger partial charge in [0.1, 0.15) is 5.69 Å². The molecule has 21 heavy (non-hydrogen) atoms. The van der Waals surface area contributed by atoms with Gasteiger partial charge in [-0.2, -0.15) is 4.98 Å². The maximum absolute atomic E-state index is 11.2. The molecular weight excluding hydrogens is 294 g/mol. The Kier molecular flexibility index (Phi) is 3.95. The first-order valence-corrected chi connectivity index (χ1v) is 7.61. The average Bonchev–Trinajstić information content (AvgIpc) is 2.84. The molecule has 2 fully saturated rings. The molecule has 0 bridgehead atoms. The summed E-state index contributed by atoms with van der Waals surface area (Å²) in [7, 11) is 0. The minimum Gasteiger partial charge on any atom is -0.361 e. The molecule has 3 rings (SSSR count). The summed E-state index contributed by atoms with van der Waals surface area (Å²) in [6.07, 6.45) is 4.42. The first kappa shape index (κ1) is 14.5. The maximum Gasteiger partial charge on any atom is 0.332 e. The van der Waals surface area contributed by atoms with E-state index in [-0.39, 0.29) is 22.8 Å². The average molecular weight is 312 g/mol. The van der Waals surface area contributed by atoms with Gasteiger partial charge in [-0.3, -0.25) is 10.1 Å². The van der Waals surface area contributed by atoms with Crippen LogP contribution in [0.2, 0.25) is 5.28 Å². The molecule has 2 unspecified atom stereocenters. The minimum atomic E-state index is -0.446. The van der Waals surface area contributed by atoms with Gasteiger partial charge in [0.2, 0.25) is 11.1 Å². The normalized spacial score (nSPS) is 25.6. The van der Waals surface area contributed by atoms with Crippen molar-refractivity contribution in [2.24, 2.45) is 0 Å². The number of aryl methyl sites for hydroxylation is 1. The Hall–Kier alpha value is -1.47. The van der Waals surface area contributed by atoms with E-state index in [1.165, 1.54) is 19.4 Å². The molecule has 0 radical (unpaired) electrons. The van der Waals surface area contributed by atoms with Crippen molar-refractivity contribution in [1.82, 2.24) is 14.9 Å². The number of nitrogens with zero attached hydrogens (tertiary/aromatic N) is 4. The van der Waals surface area contributed by atoms with Gasteiger partial charge < -0.3 is 10.2 Å². The van der Waals surface area contributed by atoms with Crippen LogP contribution in [0.5, 0.6) is 0 Å². The summed E-state index contributed by atoms with van der Waals surface area (Å²) in [6.45, 7) is 3.79. The van der Waals surface area contributed by atoms with Gasteiger partial charge in [0.15, 0.2) is 0 Å². The fraction of sp³-hybridized carbons (Fsp3) is 0.692. The van der Waals surface area contributed by atoms with Gasteiger partial charge in [-0.15, -0.1) is 0 Å². The van der Waals surface area contributed by atoms with Crippen LogP contribution in [0.15, 0.2) is 0 Å². The number of hydrogen-bond donors (Lipinski definition) is 1. The summed E-state index contributed by atoms with van der Waals surface area (Å²) in [4.78, 5) is 21.2. The molecule has 2 atom stereocenters. The number of rotatable bonds is 3. The highest BCUT2D eigenvalue weighted by Gasteiger charge is 2.33. The van der Waals surface area contributed by atoms with Gasteiger partial charge in [0.25, 0.3) is 0 Å². The van der Waals surface area contributed by atoms with Crippen LogP contribution in [-0.4, -0.2) is 45.0 Å². The molecule has 2 aliphatic heterocycles. The SMILES string of the molecule is Cc1nc(Cl)nc(NC2CCN3CCCC3C2)c1[N+](=O)[O-]. The van der Waals surface area contributed by atoms with Crippen LogP contribution in [0.1, 0.15) is 31.4 Å². The zero-order valence-corrected chi connectivity index (χ0v) is 12.6. The summed E-state index contributed by atoms with van der Waals surface area (Å²) >= 11 is 5.84. The zero-order chi connectivity index (χ0) is 15.0. The standard InChI is InChI=1S/C13H18ClN5O2/c1-8-11(19(20)21)12(17-13(14)15-8)16-9-4-6-18-5-2-3-10(18)7-9/h9-10H,2-7H2,1H3,(H,15,16,17). The Morgan fingerprint density at radius 2 is 2.19 bits per heavy atom. The Morgan fingerprint density at radius 3 is 2.95 bits per heavy atom. The van der Waals surface area contributed by atoms with Crippen LogP contribution in [0.4, 0.5) is 11.5 Å². The number of fused-ring (bicyclic) bond motifs is 1. The lowest BCUT2D eigenvalue weighted by Gasteiger charge is -2.35. The monoisotopic (exact) mass is 311 g/mol. The number of halogens is 1. The molecule has 1 aromatic rings. The number of aromatic nitrogens is 2. The summed E-state index contributed by atoms with van der Waals surface area (Å²) in [5.74, 6) is 0.244. The van der Waals surface area contributed by atoms with Gasteiger partial charge in [0.05, 0.1) is 4.92 Å². The summed E-state index contributed by atoms with van der Waals surface area (Å²) in [6, 6.07) is 0.794. The highest BCUT2D eigenvalue weighted by molar-refractivity contribution is 6.28. The van der Waals surface area contributed by atoms with Gasteiger partial charge in [0, 0.05) is 18.6 Å². The lowest BCUT2D eigenvalue weighted by Crippen LogP contribution is -2.43. The number of nitro groups is 1. The van der Waals surface area contributed by atoms with Crippen molar-refractivity contribution >= 4 is 23.1 Å². The van der Waals surface area contributed by atoms with Crippen LogP contribution in [0.3, 0.4) is 0 Å². The Balaban J connectivity index is 1.79. The predicted molar refractivity (Wildman–Crippen MR) is 79.7 cm³/mol. The molecule has 0 saturated carbocycles. The van der Waals surface area contributed by atoms with Gasteiger partial charge >= 0.3 is 5.69 Å². The molecule has 114 valence electrons.